The predicted molar refractivity (Wildman–Crippen MR) is 68.2 cm³/mol. The van der Waals surface area contributed by atoms with Crippen molar-refractivity contribution in [2.75, 3.05) is 11.9 Å². The zero-order chi connectivity index (χ0) is 12.1. The summed E-state index contributed by atoms with van der Waals surface area (Å²) in [5, 5.41) is 15.4. The largest absolute Gasteiger partial charge is 0.314 e. The lowest BCUT2D eigenvalue weighted by atomic mass is 10.0. The highest BCUT2D eigenvalue weighted by Crippen LogP contribution is 2.15. The summed E-state index contributed by atoms with van der Waals surface area (Å²) in [6.45, 7) is 2.96. The van der Waals surface area contributed by atoms with Crippen molar-refractivity contribution in [2.24, 2.45) is 0 Å². The number of nitrogens with one attached hydrogen (secondary N) is 2. The van der Waals surface area contributed by atoms with Gasteiger partial charge in [0.2, 0.25) is 11.0 Å². The summed E-state index contributed by atoms with van der Waals surface area (Å²) >= 11 is 1.41. The second-order valence-electron chi connectivity index (χ2n) is 4.36. The summed E-state index contributed by atoms with van der Waals surface area (Å²) in [5.41, 5.74) is 0. The van der Waals surface area contributed by atoms with Gasteiger partial charge in [0.25, 0.3) is 0 Å². The van der Waals surface area contributed by atoms with Crippen molar-refractivity contribution in [3.8, 4) is 0 Å². The van der Waals surface area contributed by atoms with E-state index < -0.39 is 0 Å². The number of nitrogens with zero attached hydrogens (tertiary/aromatic N) is 2. The van der Waals surface area contributed by atoms with Gasteiger partial charge >= 0.3 is 0 Å². The Morgan fingerprint density at radius 2 is 2.41 bits per heavy atom. The van der Waals surface area contributed by atoms with Crippen LogP contribution in [0.4, 0.5) is 5.13 Å². The summed E-state index contributed by atoms with van der Waals surface area (Å²) in [6.07, 6.45) is 5.17. The van der Waals surface area contributed by atoms with Gasteiger partial charge in [0, 0.05) is 12.5 Å². The molecule has 2 heterocycles. The zero-order valence-electron chi connectivity index (χ0n) is 10.0. The number of rotatable bonds is 4. The average Bonchev–Trinajstić information content (AvgIpc) is 2.73. The molecule has 1 saturated heterocycles. The molecule has 0 aromatic carbocycles. The molecule has 1 amide bonds. The van der Waals surface area contributed by atoms with Crippen LogP contribution in [0.15, 0.2) is 0 Å². The van der Waals surface area contributed by atoms with E-state index >= 15 is 0 Å². The molecule has 94 valence electrons. The highest BCUT2D eigenvalue weighted by Gasteiger charge is 2.14. The number of aromatic nitrogens is 2. The van der Waals surface area contributed by atoms with Gasteiger partial charge < -0.3 is 10.6 Å². The molecule has 1 aliphatic heterocycles. The topological polar surface area (TPSA) is 66.9 Å². The van der Waals surface area contributed by atoms with Crippen LogP contribution in [0.2, 0.25) is 0 Å². The van der Waals surface area contributed by atoms with Gasteiger partial charge in [0.05, 0.1) is 0 Å². The monoisotopic (exact) mass is 254 g/mol. The Kier molecular flexibility index (Phi) is 4.44. The SMILES string of the molecule is Cc1nnc(NC(=O)CCC2CCCCN2)s1. The first-order valence-corrected chi connectivity index (χ1v) is 6.89. The van der Waals surface area contributed by atoms with Crippen molar-refractivity contribution in [3.05, 3.63) is 5.01 Å². The Hall–Kier alpha value is -1.01. The lowest BCUT2D eigenvalue weighted by Crippen LogP contribution is -2.34. The van der Waals surface area contributed by atoms with E-state index in [9.17, 15) is 4.79 Å². The third-order valence-corrected chi connectivity index (χ3v) is 3.66. The first-order chi connectivity index (χ1) is 8.24. The van der Waals surface area contributed by atoms with Gasteiger partial charge in [-0.3, -0.25) is 4.79 Å². The molecule has 2 N–H and O–H groups in total. The molecule has 17 heavy (non-hydrogen) atoms. The minimum Gasteiger partial charge on any atom is -0.314 e. The highest BCUT2D eigenvalue weighted by atomic mass is 32.1. The first-order valence-electron chi connectivity index (χ1n) is 6.07. The molecular weight excluding hydrogens is 236 g/mol. The van der Waals surface area contributed by atoms with Crippen LogP contribution in [0.3, 0.4) is 0 Å². The van der Waals surface area contributed by atoms with Gasteiger partial charge in [-0.2, -0.15) is 0 Å². The summed E-state index contributed by atoms with van der Waals surface area (Å²) in [7, 11) is 0. The molecule has 0 bridgehead atoms. The fourth-order valence-corrected chi connectivity index (χ4v) is 2.61. The molecule has 1 unspecified atom stereocenters. The van der Waals surface area contributed by atoms with Crippen molar-refractivity contribution < 1.29 is 4.79 Å². The molecule has 2 rings (SSSR count). The Labute approximate surface area is 105 Å². The maximum Gasteiger partial charge on any atom is 0.226 e. The third-order valence-electron chi connectivity index (χ3n) is 2.90. The van der Waals surface area contributed by atoms with Crippen LogP contribution in [-0.2, 0) is 4.79 Å². The number of carbonyl (C=O) groups excluding carboxylic acids is 1. The van der Waals surface area contributed by atoms with Gasteiger partial charge in [-0.15, -0.1) is 10.2 Å². The summed E-state index contributed by atoms with van der Waals surface area (Å²) in [5.74, 6) is 0.0357. The van der Waals surface area contributed by atoms with Crippen LogP contribution in [0.5, 0.6) is 0 Å². The molecule has 5 nitrogen and oxygen atoms in total. The maximum atomic E-state index is 11.7. The van der Waals surface area contributed by atoms with E-state index in [0.29, 0.717) is 17.6 Å². The summed E-state index contributed by atoms with van der Waals surface area (Å²) in [4.78, 5) is 11.7. The van der Waals surface area contributed by atoms with Crippen molar-refractivity contribution in [2.45, 2.75) is 45.1 Å². The van der Waals surface area contributed by atoms with E-state index in [4.69, 9.17) is 0 Å². The normalized spacial score (nSPS) is 20.2. The molecular formula is C11H18N4OS. The van der Waals surface area contributed by atoms with Crippen molar-refractivity contribution in [1.82, 2.24) is 15.5 Å². The van der Waals surface area contributed by atoms with Gasteiger partial charge in [-0.05, 0) is 32.7 Å². The van der Waals surface area contributed by atoms with Gasteiger partial charge in [0.1, 0.15) is 5.01 Å². The summed E-state index contributed by atoms with van der Waals surface area (Å²) in [6, 6.07) is 0.505. The number of hydrogen-bond acceptors (Lipinski definition) is 5. The Morgan fingerprint density at radius 3 is 3.06 bits per heavy atom. The number of amides is 1. The Balaban J connectivity index is 1.70. The van der Waals surface area contributed by atoms with Crippen molar-refractivity contribution in [3.63, 3.8) is 0 Å². The van der Waals surface area contributed by atoms with E-state index in [0.717, 1.165) is 18.0 Å². The number of aryl methyl sites for hydroxylation is 1. The van der Waals surface area contributed by atoms with E-state index in [1.54, 1.807) is 0 Å². The molecule has 1 fully saturated rings. The minimum atomic E-state index is 0.0357. The number of carbonyl (C=O) groups is 1. The Bertz CT molecular complexity index is 373. The smallest absolute Gasteiger partial charge is 0.226 e. The average molecular weight is 254 g/mol. The molecule has 0 radical (unpaired) electrons. The summed E-state index contributed by atoms with van der Waals surface area (Å²) < 4.78 is 0. The fraction of sp³-hybridized carbons (Fsp3) is 0.727. The number of anilines is 1. The molecule has 1 aromatic heterocycles. The van der Waals surface area contributed by atoms with Crippen LogP contribution in [0.1, 0.15) is 37.1 Å². The number of piperidine rings is 1. The van der Waals surface area contributed by atoms with Crippen LogP contribution in [-0.4, -0.2) is 28.7 Å². The molecule has 1 atom stereocenters. The maximum absolute atomic E-state index is 11.7. The quantitative estimate of drug-likeness (QED) is 0.858. The van der Waals surface area contributed by atoms with E-state index in [1.165, 1.54) is 30.6 Å². The molecule has 0 spiro atoms. The predicted octanol–water partition coefficient (Wildman–Crippen LogP) is 1.71. The molecule has 6 heteroatoms. The standard InChI is InChI=1S/C11H18N4OS/c1-8-14-15-11(17-8)13-10(16)6-5-9-4-2-3-7-12-9/h9,12H,2-7H2,1H3,(H,13,15,16). The molecule has 1 aliphatic rings. The number of hydrogen-bond donors (Lipinski definition) is 2. The lowest BCUT2D eigenvalue weighted by molar-refractivity contribution is -0.116. The highest BCUT2D eigenvalue weighted by molar-refractivity contribution is 7.15. The van der Waals surface area contributed by atoms with Crippen molar-refractivity contribution >= 4 is 22.4 Å². The van der Waals surface area contributed by atoms with E-state index in [-0.39, 0.29) is 5.91 Å². The van der Waals surface area contributed by atoms with Gasteiger partial charge in [0.15, 0.2) is 0 Å². The van der Waals surface area contributed by atoms with E-state index in [1.807, 2.05) is 6.92 Å². The van der Waals surface area contributed by atoms with Gasteiger partial charge in [-0.25, -0.2) is 0 Å². The van der Waals surface area contributed by atoms with Crippen LogP contribution in [0, 0.1) is 6.92 Å². The molecule has 0 saturated carbocycles. The van der Waals surface area contributed by atoms with Crippen LogP contribution in [0.25, 0.3) is 0 Å². The molecule has 0 aliphatic carbocycles. The third kappa shape index (κ3) is 4.05. The van der Waals surface area contributed by atoms with E-state index in [2.05, 4.69) is 20.8 Å². The molecule has 1 aromatic rings. The van der Waals surface area contributed by atoms with Gasteiger partial charge in [-0.1, -0.05) is 17.8 Å². The van der Waals surface area contributed by atoms with Crippen LogP contribution >= 0.6 is 11.3 Å². The van der Waals surface area contributed by atoms with Crippen molar-refractivity contribution in [1.29, 1.82) is 0 Å². The first kappa shape index (κ1) is 12.4. The minimum absolute atomic E-state index is 0.0357. The Morgan fingerprint density at radius 1 is 1.53 bits per heavy atom. The fourth-order valence-electron chi connectivity index (χ4n) is 2.00. The second-order valence-corrected chi connectivity index (χ2v) is 5.54. The zero-order valence-corrected chi connectivity index (χ0v) is 10.8. The second kappa shape index (κ2) is 6.07. The van der Waals surface area contributed by atoms with Crippen LogP contribution < -0.4 is 10.6 Å². The lowest BCUT2D eigenvalue weighted by Gasteiger charge is -2.22.